The van der Waals surface area contributed by atoms with E-state index in [4.69, 9.17) is 4.74 Å². The number of rotatable bonds is 5. The lowest BCUT2D eigenvalue weighted by atomic mass is 10.2. The van der Waals surface area contributed by atoms with Crippen LogP contribution in [-0.4, -0.2) is 23.3 Å². The SMILES string of the molecule is CCC(F)(F)COc1ccc(C(C)=O)cn1. The second-order valence-electron chi connectivity index (χ2n) is 3.44. The van der Waals surface area contributed by atoms with Crippen molar-refractivity contribution in [2.45, 2.75) is 26.2 Å². The third kappa shape index (κ3) is 3.56. The normalized spacial score (nSPS) is 11.2. The zero-order chi connectivity index (χ0) is 12.2. The maximum atomic E-state index is 12.8. The van der Waals surface area contributed by atoms with Crippen molar-refractivity contribution in [2.75, 3.05) is 6.61 Å². The maximum Gasteiger partial charge on any atom is 0.281 e. The molecule has 1 rings (SSSR count). The fourth-order valence-corrected chi connectivity index (χ4v) is 0.956. The van der Waals surface area contributed by atoms with Crippen molar-refractivity contribution in [1.82, 2.24) is 4.98 Å². The number of carbonyl (C=O) groups is 1. The summed E-state index contributed by atoms with van der Waals surface area (Å²) in [5, 5.41) is 0. The molecule has 0 saturated heterocycles. The summed E-state index contributed by atoms with van der Waals surface area (Å²) in [6, 6.07) is 2.90. The van der Waals surface area contributed by atoms with E-state index in [2.05, 4.69) is 4.98 Å². The van der Waals surface area contributed by atoms with Gasteiger partial charge in [0.15, 0.2) is 12.4 Å². The second kappa shape index (κ2) is 5.01. The summed E-state index contributed by atoms with van der Waals surface area (Å²) in [7, 11) is 0. The number of carbonyl (C=O) groups excluding carboxylic acids is 1. The molecule has 1 heterocycles. The highest BCUT2D eigenvalue weighted by Crippen LogP contribution is 2.19. The van der Waals surface area contributed by atoms with Gasteiger partial charge in [-0.05, 0) is 13.0 Å². The zero-order valence-electron chi connectivity index (χ0n) is 9.17. The fourth-order valence-electron chi connectivity index (χ4n) is 0.956. The van der Waals surface area contributed by atoms with Crippen LogP contribution in [0, 0.1) is 0 Å². The molecule has 0 unspecified atom stereocenters. The van der Waals surface area contributed by atoms with Crippen molar-refractivity contribution in [3.05, 3.63) is 23.9 Å². The number of aromatic nitrogens is 1. The van der Waals surface area contributed by atoms with Crippen molar-refractivity contribution in [1.29, 1.82) is 0 Å². The van der Waals surface area contributed by atoms with Gasteiger partial charge in [0.2, 0.25) is 5.88 Å². The molecule has 0 fully saturated rings. The van der Waals surface area contributed by atoms with E-state index in [0.717, 1.165) is 0 Å². The van der Waals surface area contributed by atoms with Gasteiger partial charge in [0.1, 0.15) is 0 Å². The fraction of sp³-hybridized carbons (Fsp3) is 0.455. The van der Waals surface area contributed by atoms with Crippen LogP contribution in [0.5, 0.6) is 5.88 Å². The van der Waals surface area contributed by atoms with E-state index < -0.39 is 12.5 Å². The van der Waals surface area contributed by atoms with E-state index in [1.54, 1.807) is 0 Å². The third-order valence-electron chi connectivity index (χ3n) is 2.09. The van der Waals surface area contributed by atoms with Gasteiger partial charge < -0.3 is 4.74 Å². The summed E-state index contributed by atoms with van der Waals surface area (Å²) in [6.45, 7) is 2.09. The third-order valence-corrected chi connectivity index (χ3v) is 2.09. The zero-order valence-corrected chi connectivity index (χ0v) is 9.17. The van der Waals surface area contributed by atoms with Crippen LogP contribution in [0.2, 0.25) is 0 Å². The molecule has 0 aliphatic carbocycles. The van der Waals surface area contributed by atoms with Crippen molar-refractivity contribution < 1.29 is 18.3 Å². The van der Waals surface area contributed by atoms with Crippen molar-refractivity contribution in [3.63, 3.8) is 0 Å². The largest absolute Gasteiger partial charge is 0.471 e. The minimum Gasteiger partial charge on any atom is -0.471 e. The topological polar surface area (TPSA) is 39.2 Å². The molecule has 0 aromatic carbocycles. The molecule has 0 aliphatic heterocycles. The van der Waals surface area contributed by atoms with E-state index in [9.17, 15) is 13.6 Å². The predicted molar refractivity (Wildman–Crippen MR) is 55.0 cm³/mol. The number of halogens is 2. The maximum absolute atomic E-state index is 12.8. The summed E-state index contributed by atoms with van der Waals surface area (Å²) in [5.41, 5.74) is 0.426. The molecule has 3 nitrogen and oxygen atoms in total. The number of hydrogen-bond acceptors (Lipinski definition) is 3. The molecule has 88 valence electrons. The monoisotopic (exact) mass is 229 g/mol. The molecule has 0 atom stereocenters. The molecule has 5 heteroatoms. The van der Waals surface area contributed by atoms with Crippen LogP contribution in [-0.2, 0) is 0 Å². The molecular weight excluding hydrogens is 216 g/mol. The highest BCUT2D eigenvalue weighted by Gasteiger charge is 2.27. The molecule has 1 aromatic heterocycles. The van der Waals surface area contributed by atoms with Crippen LogP contribution in [0.15, 0.2) is 18.3 Å². The lowest BCUT2D eigenvalue weighted by molar-refractivity contribution is -0.0447. The Hall–Kier alpha value is -1.52. The summed E-state index contributed by atoms with van der Waals surface area (Å²) in [4.78, 5) is 14.7. The van der Waals surface area contributed by atoms with Crippen LogP contribution in [0.4, 0.5) is 8.78 Å². The van der Waals surface area contributed by atoms with Crippen molar-refractivity contribution in [3.8, 4) is 5.88 Å². The predicted octanol–water partition coefficient (Wildman–Crippen LogP) is 2.71. The Labute approximate surface area is 92.4 Å². The van der Waals surface area contributed by atoms with Gasteiger partial charge in [-0.15, -0.1) is 0 Å². The number of pyridine rings is 1. The molecule has 0 saturated carbocycles. The van der Waals surface area contributed by atoms with Gasteiger partial charge >= 0.3 is 0 Å². The molecule has 0 radical (unpaired) electrons. The first kappa shape index (κ1) is 12.5. The Kier molecular flexibility index (Phi) is 3.93. The first-order valence-corrected chi connectivity index (χ1v) is 4.92. The molecular formula is C11H13F2NO2. The van der Waals surface area contributed by atoms with E-state index in [0.29, 0.717) is 5.56 Å². The molecule has 0 bridgehead atoms. The van der Waals surface area contributed by atoms with Crippen LogP contribution < -0.4 is 4.74 Å². The summed E-state index contributed by atoms with van der Waals surface area (Å²) < 4.78 is 30.5. The van der Waals surface area contributed by atoms with Crippen molar-refractivity contribution in [2.24, 2.45) is 0 Å². The molecule has 0 spiro atoms. The average Bonchev–Trinajstić information content (AvgIpc) is 2.27. The minimum atomic E-state index is -2.85. The number of ether oxygens (including phenoxy) is 1. The first-order chi connectivity index (χ1) is 7.44. The van der Waals surface area contributed by atoms with Crippen LogP contribution in [0.3, 0.4) is 0 Å². The summed E-state index contributed by atoms with van der Waals surface area (Å²) >= 11 is 0. The highest BCUT2D eigenvalue weighted by atomic mass is 19.3. The molecule has 0 aliphatic rings. The Bertz CT molecular complexity index is 363. The number of Topliss-reactive ketones (excluding diaryl/α,β-unsaturated/α-hetero) is 1. The standard InChI is InChI=1S/C11H13F2NO2/c1-3-11(12,13)7-16-10-5-4-9(6-14-10)8(2)15/h4-6H,3,7H2,1-2H3. The lowest BCUT2D eigenvalue weighted by Crippen LogP contribution is -2.24. The Morgan fingerprint density at radius 3 is 2.62 bits per heavy atom. The van der Waals surface area contributed by atoms with Gasteiger partial charge in [-0.25, -0.2) is 13.8 Å². The van der Waals surface area contributed by atoms with Gasteiger partial charge in [-0.3, -0.25) is 4.79 Å². The summed E-state index contributed by atoms with van der Waals surface area (Å²) in [5.74, 6) is -2.88. The molecule has 0 amide bonds. The van der Waals surface area contributed by atoms with Crippen molar-refractivity contribution >= 4 is 5.78 Å². The molecule has 1 aromatic rings. The smallest absolute Gasteiger partial charge is 0.281 e. The van der Waals surface area contributed by atoms with Gasteiger partial charge in [-0.2, -0.15) is 0 Å². The Morgan fingerprint density at radius 1 is 1.50 bits per heavy atom. The number of ketones is 1. The molecule has 16 heavy (non-hydrogen) atoms. The average molecular weight is 229 g/mol. The number of alkyl halides is 2. The molecule has 0 N–H and O–H groups in total. The minimum absolute atomic E-state index is 0.0955. The Morgan fingerprint density at radius 2 is 2.19 bits per heavy atom. The van der Waals surface area contributed by atoms with Gasteiger partial charge in [-0.1, -0.05) is 6.92 Å². The highest BCUT2D eigenvalue weighted by molar-refractivity contribution is 5.93. The van der Waals surface area contributed by atoms with Crippen LogP contribution >= 0.6 is 0 Å². The van der Waals surface area contributed by atoms with Crippen LogP contribution in [0.25, 0.3) is 0 Å². The van der Waals surface area contributed by atoms with Gasteiger partial charge in [0.05, 0.1) is 0 Å². The van der Waals surface area contributed by atoms with Crippen LogP contribution in [0.1, 0.15) is 30.6 Å². The van der Waals surface area contributed by atoms with E-state index in [-0.39, 0.29) is 18.1 Å². The number of nitrogens with zero attached hydrogens (tertiary/aromatic N) is 1. The summed E-state index contributed by atoms with van der Waals surface area (Å²) in [6.07, 6.45) is 1.03. The lowest BCUT2D eigenvalue weighted by Gasteiger charge is -2.14. The first-order valence-electron chi connectivity index (χ1n) is 4.92. The quantitative estimate of drug-likeness (QED) is 0.729. The van der Waals surface area contributed by atoms with Gasteiger partial charge in [0.25, 0.3) is 5.92 Å². The van der Waals surface area contributed by atoms with E-state index >= 15 is 0 Å². The Balaban J connectivity index is 2.59. The van der Waals surface area contributed by atoms with Gasteiger partial charge in [0, 0.05) is 24.2 Å². The van der Waals surface area contributed by atoms with E-state index in [1.807, 2.05) is 0 Å². The van der Waals surface area contributed by atoms with E-state index in [1.165, 1.54) is 32.2 Å². The second-order valence-corrected chi connectivity index (χ2v) is 3.44. The number of hydrogen-bond donors (Lipinski definition) is 0.